The summed E-state index contributed by atoms with van der Waals surface area (Å²) in [5.74, 6) is -0.335. The molecular formula is C63H82FN11O6. The smallest absolute Gasteiger partial charge is 0.254 e. The average molecular weight is 1110 g/mol. The highest BCUT2D eigenvalue weighted by molar-refractivity contribution is 5.96. The van der Waals surface area contributed by atoms with Gasteiger partial charge in [-0.05, 0) is 135 Å². The number of nitrogens with two attached hydrogens (primary N) is 1. The van der Waals surface area contributed by atoms with Crippen molar-refractivity contribution in [2.24, 2.45) is 5.41 Å². The number of nitrogens with one attached hydrogen (secondary N) is 4. The number of likely N-dealkylation sites (N-methyl/N-ethyl adjacent to an activating group) is 1. The Morgan fingerprint density at radius 3 is 2.47 bits per heavy atom. The molecule has 81 heavy (non-hydrogen) atoms. The molecule has 5 atom stereocenters. The quantitative estimate of drug-likeness (QED) is 0.0496. The second kappa shape index (κ2) is 25.6. The van der Waals surface area contributed by atoms with E-state index in [2.05, 4.69) is 43.3 Å². The lowest BCUT2D eigenvalue weighted by Crippen LogP contribution is -2.62. The van der Waals surface area contributed by atoms with Crippen LogP contribution in [0.2, 0.25) is 0 Å². The minimum Gasteiger partial charge on any atom is -0.494 e. The number of halogens is 1. The molecular weight excluding hydrogens is 1030 g/mol. The maximum atomic E-state index is 14.8. The van der Waals surface area contributed by atoms with Crippen LogP contribution in [0.4, 0.5) is 15.9 Å². The van der Waals surface area contributed by atoms with E-state index in [1.54, 1.807) is 43.1 Å². The Kier molecular flexibility index (Phi) is 18.5. The van der Waals surface area contributed by atoms with E-state index in [4.69, 9.17) is 15.6 Å². The van der Waals surface area contributed by atoms with Crippen molar-refractivity contribution in [3.8, 4) is 16.9 Å². The van der Waals surface area contributed by atoms with Crippen molar-refractivity contribution < 1.29 is 33.1 Å². The topological polar surface area (TPSA) is 209 Å². The van der Waals surface area contributed by atoms with Crippen LogP contribution in [0.5, 0.6) is 5.75 Å². The van der Waals surface area contributed by atoms with Crippen molar-refractivity contribution in [1.29, 1.82) is 0 Å². The van der Waals surface area contributed by atoms with E-state index >= 15 is 0 Å². The third-order valence-corrected chi connectivity index (χ3v) is 16.9. The minimum absolute atomic E-state index is 0.0121. The zero-order chi connectivity index (χ0) is 57.5. The number of hydrogen-bond acceptors (Lipinski definition) is 11. The minimum atomic E-state index is -0.872. The number of hydrogen-bond donors (Lipinski definition) is 5. The van der Waals surface area contributed by atoms with Crippen LogP contribution in [0.1, 0.15) is 160 Å². The number of unbranched alkanes of at least 4 members (excludes halogenated alkanes) is 5. The molecule has 432 valence electrons. The summed E-state index contributed by atoms with van der Waals surface area (Å²) in [6.07, 6.45) is 12.4. The molecule has 1 saturated heterocycles. The van der Waals surface area contributed by atoms with Crippen molar-refractivity contribution in [3.05, 3.63) is 124 Å². The molecule has 0 spiro atoms. The maximum absolute atomic E-state index is 14.8. The summed E-state index contributed by atoms with van der Waals surface area (Å²) in [6.45, 7) is 12.0. The molecule has 6 N–H and O–H groups in total. The van der Waals surface area contributed by atoms with Gasteiger partial charge in [-0.25, -0.2) is 9.37 Å². The van der Waals surface area contributed by atoms with Crippen LogP contribution in [0.15, 0.2) is 72.9 Å². The third-order valence-electron chi connectivity index (χ3n) is 16.9. The summed E-state index contributed by atoms with van der Waals surface area (Å²) in [7, 11) is 3.44. The fourth-order valence-electron chi connectivity index (χ4n) is 12.2. The fourth-order valence-corrected chi connectivity index (χ4v) is 12.2. The number of aromatic nitrogens is 3. The van der Waals surface area contributed by atoms with Gasteiger partial charge in [0, 0.05) is 68.1 Å². The molecule has 1 fully saturated rings. The molecule has 5 amide bonds. The van der Waals surface area contributed by atoms with Crippen molar-refractivity contribution in [2.45, 2.75) is 168 Å². The SMILES string of the molecule is CN[C@@H](C)C(=O)N[C@H](C(=O)N1Cc2cc(OCCCCCCCCC(=O)NCCn3nc4c(c3C)-c3cnc(N)c(c3)N3CCC[C@@H]3c3cc(F)ccc3C(=O)N(C)C4)ccc2C[C@H]1C(=O)N[C@@H]1CCCc2ccccc21)C(C)(C)C. The van der Waals surface area contributed by atoms with Gasteiger partial charge in [0.15, 0.2) is 0 Å². The van der Waals surface area contributed by atoms with Gasteiger partial charge in [-0.15, -0.1) is 0 Å². The molecule has 9 rings (SSSR count). The third kappa shape index (κ3) is 13.4. The number of carbonyl (C=O) groups excluding carboxylic acids is 5. The van der Waals surface area contributed by atoms with E-state index in [0.717, 1.165) is 110 Å². The Morgan fingerprint density at radius 2 is 1.68 bits per heavy atom. The lowest BCUT2D eigenvalue weighted by molar-refractivity contribution is -0.147. The van der Waals surface area contributed by atoms with Gasteiger partial charge in [-0.3, -0.25) is 28.7 Å². The van der Waals surface area contributed by atoms with E-state index in [1.165, 1.54) is 17.7 Å². The highest BCUT2D eigenvalue weighted by atomic mass is 19.1. The first kappa shape index (κ1) is 58.3. The molecule has 5 heterocycles. The normalized spacial score (nSPS) is 18.4. The lowest BCUT2D eigenvalue weighted by Gasteiger charge is -2.41. The van der Waals surface area contributed by atoms with E-state index < -0.39 is 29.4 Å². The molecule has 1 aliphatic carbocycles. The summed E-state index contributed by atoms with van der Waals surface area (Å²) in [5.41, 5.74) is 15.2. The molecule has 5 aromatic rings. The second-order valence-corrected chi connectivity index (χ2v) is 23.7. The molecule has 2 aromatic heterocycles. The van der Waals surface area contributed by atoms with Crippen LogP contribution in [0.3, 0.4) is 0 Å². The summed E-state index contributed by atoms with van der Waals surface area (Å²) >= 11 is 0. The first-order chi connectivity index (χ1) is 38.9. The van der Waals surface area contributed by atoms with Gasteiger partial charge in [0.1, 0.15) is 29.5 Å². The van der Waals surface area contributed by atoms with E-state index in [1.807, 2.05) is 68.8 Å². The van der Waals surface area contributed by atoms with Gasteiger partial charge in [0.05, 0.1) is 49.2 Å². The van der Waals surface area contributed by atoms with Crippen molar-refractivity contribution in [2.75, 3.05) is 44.4 Å². The number of nitrogens with zero attached hydrogens (tertiary/aromatic N) is 6. The largest absolute Gasteiger partial charge is 0.494 e. The molecule has 17 nitrogen and oxygen atoms in total. The number of fused-ring (bicyclic) bond motifs is 10. The van der Waals surface area contributed by atoms with Crippen LogP contribution in [0.25, 0.3) is 11.1 Å². The standard InChI is InChI=1S/C63H82FN11O6/c1-39(66-6)59(77)70-57(63(3,4)5)62(80)74-37-44-32-46(26-24-42(44)33-54(74)60(78)69-50-21-16-19-41-18-13-14-20-47(41)50)81-31-15-11-9-8-10-12-23-55(76)67-28-30-75-40(2)56-43-34-53(58(65)68-36-43)73-29-17-22-52(73)49-35-45(64)25-27-48(49)61(79)72(7)38-51(56)71-75/h13-14,18,20,24-27,32,34-36,39,50,52,54,57,66H,8-12,15-17,19,21-23,28-31,33,37-38H2,1-7H3,(H2,65,68)(H,67,76)(H,69,78)(H,70,77)/t39-,50+,52+,54-,57+/m0/s1. The summed E-state index contributed by atoms with van der Waals surface area (Å²) < 4.78 is 22.9. The van der Waals surface area contributed by atoms with E-state index in [-0.39, 0.29) is 54.7 Å². The Morgan fingerprint density at radius 1 is 0.901 bits per heavy atom. The molecule has 3 aliphatic heterocycles. The van der Waals surface area contributed by atoms with Crippen molar-refractivity contribution >= 4 is 41.0 Å². The van der Waals surface area contributed by atoms with Crippen LogP contribution in [-0.2, 0) is 51.7 Å². The molecule has 0 unspecified atom stereocenters. The van der Waals surface area contributed by atoms with Crippen molar-refractivity contribution in [1.82, 2.24) is 45.8 Å². The molecule has 18 heteroatoms. The van der Waals surface area contributed by atoms with E-state index in [9.17, 15) is 28.4 Å². The van der Waals surface area contributed by atoms with Crippen molar-refractivity contribution in [3.63, 3.8) is 0 Å². The van der Waals surface area contributed by atoms with Gasteiger partial charge in [-0.1, -0.05) is 76.8 Å². The van der Waals surface area contributed by atoms with Gasteiger partial charge in [0.25, 0.3) is 5.91 Å². The number of carbonyl (C=O) groups is 5. The first-order valence-corrected chi connectivity index (χ1v) is 29.2. The summed E-state index contributed by atoms with van der Waals surface area (Å²) in [4.78, 5) is 79.5. The Labute approximate surface area is 476 Å². The molecule has 0 radical (unpaired) electrons. The predicted octanol–water partition coefficient (Wildman–Crippen LogP) is 8.41. The molecule has 0 saturated carbocycles. The highest BCUT2D eigenvalue weighted by Crippen LogP contribution is 2.43. The highest BCUT2D eigenvalue weighted by Gasteiger charge is 2.43. The predicted molar refractivity (Wildman–Crippen MR) is 312 cm³/mol. The zero-order valence-corrected chi connectivity index (χ0v) is 48.3. The first-order valence-electron chi connectivity index (χ1n) is 29.2. The number of aryl methyl sites for hydroxylation is 1. The Bertz CT molecular complexity index is 3120. The number of nitrogen functional groups attached to an aromatic ring is 1. The second-order valence-electron chi connectivity index (χ2n) is 23.7. The number of amides is 5. The van der Waals surface area contributed by atoms with Crippen LogP contribution in [0, 0.1) is 18.2 Å². The maximum Gasteiger partial charge on any atom is 0.254 e. The van der Waals surface area contributed by atoms with Crippen LogP contribution < -0.4 is 36.6 Å². The zero-order valence-electron chi connectivity index (χ0n) is 48.3. The fraction of sp³-hybridized carbons (Fsp3) is 0.508. The number of pyridine rings is 1. The lowest BCUT2D eigenvalue weighted by atomic mass is 9.83. The monoisotopic (exact) mass is 1110 g/mol. The van der Waals surface area contributed by atoms with Crippen LogP contribution in [-0.4, -0.2) is 106 Å². The summed E-state index contributed by atoms with van der Waals surface area (Å²) in [5, 5.41) is 17.3. The number of benzene rings is 3. The van der Waals surface area contributed by atoms with E-state index in [0.29, 0.717) is 67.5 Å². The average Bonchev–Trinajstić information content (AvgIpc) is 4.07. The van der Waals surface area contributed by atoms with Gasteiger partial charge in [-0.2, -0.15) is 5.10 Å². The van der Waals surface area contributed by atoms with Gasteiger partial charge >= 0.3 is 0 Å². The molecule has 2 bridgehead atoms. The van der Waals surface area contributed by atoms with Gasteiger partial charge < -0.3 is 46.4 Å². The van der Waals surface area contributed by atoms with Gasteiger partial charge in [0.2, 0.25) is 23.6 Å². The Hall–Kier alpha value is -7.34. The number of ether oxygens (including phenoxy) is 1. The Balaban J connectivity index is 0.743. The molecule has 4 aliphatic rings. The summed E-state index contributed by atoms with van der Waals surface area (Å²) in [6, 6.07) is 18.1. The van der Waals surface area contributed by atoms with Crippen LogP contribution >= 0.6 is 0 Å². The number of anilines is 2. The number of rotatable bonds is 19. The molecule has 3 aromatic carbocycles.